The van der Waals surface area contributed by atoms with E-state index in [1.165, 1.54) is 11.3 Å². The molecule has 1 aliphatic carbocycles. The average Bonchev–Trinajstić information content (AvgIpc) is 3.06. The first-order valence-corrected chi connectivity index (χ1v) is 10.7. The monoisotopic (exact) mass is 421 g/mol. The van der Waals surface area contributed by atoms with Crippen molar-refractivity contribution >= 4 is 40.2 Å². The number of carbonyl (C=O) groups is 4. The van der Waals surface area contributed by atoms with E-state index in [0.29, 0.717) is 17.0 Å². The van der Waals surface area contributed by atoms with Gasteiger partial charge in [-0.2, -0.15) is 0 Å². The summed E-state index contributed by atoms with van der Waals surface area (Å²) in [7, 11) is 0. The summed E-state index contributed by atoms with van der Waals surface area (Å²) in [6.07, 6.45) is 3.35. The number of ether oxygens (including phenoxy) is 1. The van der Waals surface area contributed by atoms with Crippen LogP contribution in [0.15, 0.2) is 0 Å². The molecule has 1 aliphatic heterocycles. The van der Waals surface area contributed by atoms with Gasteiger partial charge in [-0.25, -0.2) is 9.59 Å². The van der Waals surface area contributed by atoms with E-state index in [2.05, 4.69) is 10.6 Å². The van der Waals surface area contributed by atoms with Crippen molar-refractivity contribution in [3.63, 3.8) is 0 Å². The van der Waals surface area contributed by atoms with Gasteiger partial charge in [-0.05, 0) is 45.1 Å². The van der Waals surface area contributed by atoms with Gasteiger partial charge in [0.1, 0.15) is 17.1 Å². The van der Waals surface area contributed by atoms with Gasteiger partial charge in [-0.1, -0.05) is 19.8 Å². The highest BCUT2D eigenvalue weighted by molar-refractivity contribution is 7.16. The lowest BCUT2D eigenvalue weighted by atomic mass is 9.73. The molecular formula is C20H27N3O5S. The number of esters is 1. The Balaban J connectivity index is 1.75. The van der Waals surface area contributed by atoms with Crippen molar-refractivity contribution < 1.29 is 23.9 Å². The molecule has 0 aromatic carbocycles. The molecule has 2 atom stereocenters. The van der Waals surface area contributed by atoms with E-state index in [-0.39, 0.29) is 18.4 Å². The van der Waals surface area contributed by atoms with Gasteiger partial charge in [-0.15, -0.1) is 11.3 Å². The molecule has 0 bridgehead atoms. The summed E-state index contributed by atoms with van der Waals surface area (Å²) in [5, 5.41) is 5.89. The van der Waals surface area contributed by atoms with Crippen LogP contribution >= 0.6 is 11.3 Å². The van der Waals surface area contributed by atoms with E-state index in [1.54, 1.807) is 13.8 Å². The molecule has 2 heterocycles. The molecular weight excluding hydrogens is 394 g/mol. The highest BCUT2D eigenvalue weighted by Gasteiger charge is 2.55. The number of imide groups is 1. The van der Waals surface area contributed by atoms with Crippen molar-refractivity contribution in [3.05, 3.63) is 16.0 Å². The summed E-state index contributed by atoms with van der Waals surface area (Å²) in [6.45, 7) is 7.15. The normalized spacial score (nSPS) is 24.0. The number of anilines is 1. The molecule has 1 aromatic rings. The standard InChI is InChI=1S/C20H27N3O5S/c1-5-28-17(25)15-12(3)13(4)29-16(15)21-14(24)10-23-18(26)20(22-19(23)27)9-7-6-8-11(20)2/h11H,5-10H2,1-4H3,(H,21,24)(H,22,27)/t11-,20-/m1/s1. The van der Waals surface area contributed by atoms with Crippen LogP contribution in [-0.4, -0.2) is 47.4 Å². The van der Waals surface area contributed by atoms with E-state index in [9.17, 15) is 19.2 Å². The SMILES string of the molecule is CCOC(=O)c1c(NC(=O)CN2C(=O)N[C@@]3(CCCC[C@H]3C)C2=O)sc(C)c1C. The van der Waals surface area contributed by atoms with Crippen LogP contribution in [0.2, 0.25) is 0 Å². The minimum absolute atomic E-state index is 0.0266. The Bertz CT molecular complexity index is 865. The predicted octanol–water partition coefficient (Wildman–Crippen LogP) is 2.98. The molecule has 8 nitrogen and oxygen atoms in total. The summed E-state index contributed by atoms with van der Waals surface area (Å²) >= 11 is 1.27. The summed E-state index contributed by atoms with van der Waals surface area (Å²) in [5.41, 5.74) is 0.160. The van der Waals surface area contributed by atoms with Gasteiger partial charge in [0, 0.05) is 4.88 Å². The summed E-state index contributed by atoms with van der Waals surface area (Å²) < 4.78 is 5.09. The third-order valence-electron chi connectivity index (χ3n) is 5.92. The van der Waals surface area contributed by atoms with Crippen molar-refractivity contribution in [2.45, 2.75) is 58.9 Å². The van der Waals surface area contributed by atoms with Crippen molar-refractivity contribution in [1.29, 1.82) is 0 Å². The second-order valence-corrected chi connectivity index (χ2v) is 8.92. The minimum atomic E-state index is -0.901. The molecule has 0 unspecified atom stereocenters. The van der Waals surface area contributed by atoms with Crippen molar-refractivity contribution in [2.24, 2.45) is 5.92 Å². The second-order valence-electron chi connectivity index (χ2n) is 7.70. The number of aryl methyl sites for hydroxylation is 1. The Morgan fingerprint density at radius 3 is 2.69 bits per heavy atom. The first kappa shape index (κ1) is 21.3. The number of amides is 4. The van der Waals surface area contributed by atoms with Gasteiger partial charge in [0.25, 0.3) is 5.91 Å². The van der Waals surface area contributed by atoms with Gasteiger partial charge in [0.2, 0.25) is 5.91 Å². The number of hydrogen-bond donors (Lipinski definition) is 2. The smallest absolute Gasteiger partial charge is 0.341 e. The van der Waals surface area contributed by atoms with Crippen LogP contribution in [0, 0.1) is 19.8 Å². The molecule has 2 fully saturated rings. The largest absolute Gasteiger partial charge is 0.462 e. The molecule has 3 rings (SSSR count). The van der Waals surface area contributed by atoms with Crippen molar-refractivity contribution in [1.82, 2.24) is 10.2 Å². The molecule has 4 amide bonds. The lowest BCUT2D eigenvalue weighted by Gasteiger charge is -2.36. The number of urea groups is 1. The maximum atomic E-state index is 13.0. The zero-order chi connectivity index (χ0) is 21.3. The Kier molecular flexibility index (Phi) is 5.97. The number of hydrogen-bond acceptors (Lipinski definition) is 6. The van der Waals surface area contributed by atoms with E-state index in [4.69, 9.17) is 4.74 Å². The molecule has 2 N–H and O–H groups in total. The second kappa shape index (κ2) is 8.14. The number of carbonyl (C=O) groups excluding carboxylic acids is 4. The third-order valence-corrected chi connectivity index (χ3v) is 7.04. The molecule has 158 valence electrons. The van der Waals surface area contributed by atoms with Crippen LogP contribution in [0.25, 0.3) is 0 Å². The maximum absolute atomic E-state index is 13.0. The number of nitrogens with zero attached hydrogens (tertiary/aromatic N) is 1. The van der Waals surface area contributed by atoms with Gasteiger partial charge >= 0.3 is 12.0 Å². The summed E-state index contributed by atoms with van der Waals surface area (Å²) in [4.78, 5) is 52.2. The molecule has 1 spiro atoms. The van der Waals surface area contributed by atoms with Crippen LogP contribution in [-0.2, 0) is 14.3 Å². The highest BCUT2D eigenvalue weighted by Crippen LogP contribution is 2.38. The van der Waals surface area contributed by atoms with Gasteiger partial charge < -0.3 is 15.4 Å². The lowest BCUT2D eigenvalue weighted by Crippen LogP contribution is -2.54. The number of thiophene rings is 1. The number of rotatable bonds is 5. The maximum Gasteiger partial charge on any atom is 0.341 e. The predicted molar refractivity (Wildman–Crippen MR) is 109 cm³/mol. The van der Waals surface area contributed by atoms with Gasteiger partial charge in [-0.3, -0.25) is 14.5 Å². The van der Waals surface area contributed by atoms with Crippen molar-refractivity contribution in [3.8, 4) is 0 Å². The van der Waals surface area contributed by atoms with E-state index < -0.39 is 30.0 Å². The lowest BCUT2D eigenvalue weighted by molar-refractivity contribution is -0.136. The fourth-order valence-electron chi connectivity index (χ4n) is 4.11. The molecule has 2 aliphatic rings. The summed E-state index contributed by atoms with van der Waals surface area (Å²) in [5.74, 6) is -1.34. The molecule has 29 heavy (non-hydrogen) atoms. The topological polar surface area (TPSA) is 105 Å². The number of nitrogens with one attached hydrogen (secondary N) is 2. The van der Waals surface area contributed by atoms with E-state index in [1.807, 2.05) is 13.8 Å². The first-order chi connectivity index (χ1) is 13.7. The zero-order valence-corrected chi connectivity index (χ0v) is 18.0. The third kappa shape index (κ3) is 3.75. The quantitative estimate of drug-likeness (QED) is 0.562. The Morgan fingerprint density at radius 2 is 2.03 bits per heavy atom. The molecule has 0 radical (unpaired) electrons. The van der Waals surface area contributed by atoms with Crippen LogP contribution in [0.4, 0.5) is 9.80 Å². The average molecular weight is 422 g/mol. The van der Waals surface area contributed by atoms with Crippen molar-refractivity contribution in [2.75, 3.05) is 18.5 Å². The molecule has 1 aromatic heterocycles. The fourth-order valence-corrected chi connectivity index (χ4v) is 5.18. The highest BCUT2D eigenvalue weighted by atomic mass is 32.1. The van der Waals surface area contributed by atoms with Crippen LogP contribution in [0.3, 0.4) is 0 Å². The van der Waals surface area contributed by atoms with Crippen LogP contribution in [0.5, 0.6) is 0 Å². The van der Waals surface area contributed by atoms with E-state index in [0.717, 1.165) is 34.6 Å². The summed E-state index contributed by atoms with van der Waals surface area (Å²) in [6, 6.07) is -0.539. The zero-order valence-electron chi connectivity index (χ0n) is 17.2. The molecule has 1 saturated carbocycles. The molecule has 1 saturated heterocycles. The first-order valence-electron chi connectivity index (χ1n) is 9.92. The Morgan fingerprint density at radius 1 is 1.31 bits per heavy atom. The minimum Gasteiger partial charge on any atom is -0.462 e. The molecule has 9 heteroatoms. The van der Waals surface area contributed by atoms with E-state index >= 15 is 0 Å². The fraction of sp³-hybridized carbons (Fsp3) is 0.600. The Hall–Kier alpha value is -2.42. The van der Waals surface area contributed by atoms with Crippen LogP contribution < -0.4 is 10.6 Å². The van der Waals surface area contributed by atoms with Gasteiger partial charge in [0.05, 0.1) is 12.2 Å². The Labute approximate surface area is 174 Å². The van der Waals surface area contributed by atoms with Gasteiger partial charge in [0.15, 0.2) is 0 Å². The van der Waals surface area contributed by atoms with Crippen LogP contribution in [0.1, 0.15) is 60.3 Å².